The zero-order valence-corrected chi connectivity index (χ0v) is 17.2. The Bertz CT molecular complexity index is 579. The molecule has 0 spiro atoms. The van der Waals surface area contributed by atoms with Gasteiger partial charge in [-0.05, 0) is 71.1 Å². The van der Waals surface area contributed by atoms with Crippen LogP contribution in [-0.4, -0.2) is 64.0 Å². The topological polar surface area (TPSA) is 53.4 Å². The molecular formula is C21H37N5O. The molecule has 152 valence electrons. The molecule has 2 aliphatic heterocycles. The van der Waals surface area contributed by atoms with E-state index in [0.717, 1.165) is 45.7 Å². The van der Waals surface area contributed by atoms with Crippen LogP contribution in [0.5, 0.6) is 0 Å². The fourth-order valence-electron chi connectivity index (χ4n) is 4.61. The van der Waals surface area contributed by atoms with Crippen molar-refractivity contribution in [3.63, 3.8) is 0 Å². The predicted octanol–water partition coefficient (Wildman–Crippen LogP) is 2.50. The SMILES string of the molecule is CCN1CCCC1CNC(=O)CCC1CCN(Cc2nccn2CC)CC1. The largest absolute Gasteiger partial charge is 0.355 e. The number of carbonyl (C=O) groups is 1. The Labute approximate surface area is 164 Å². The van der Waals surface area contributed by atoms with Crippen molar-refractivity contribution < 1.29 is 4.79 Å². The van der Waals surface area contributed by atoms with E-state index in [-0.39, 0.29) is 5.91 Å². The first-order chi connectivity index (χ1) is 13.2. The van der Waals surface area contributed by atoms with Crippen molar-refractivity contribution in [2.45, 2.75) is 71.5 Å². The highest BCUT2D eigenvalue weighted by Crippen LogP contribution is 2.23. The number of amides is 1. The third-order valence-electron chi connectivity index (χ3n) is 6.43. The van der Waals surface area contributed by atoms with Gasteiger partial charge >= 0.3 is 0 Å². The molecule has 0 bridgehead atoms. The van der Waals surface area contributed by atoms with Crippen LogP contribution in [0.25, 0.3) is 0 Å². The van der Waals surface area contributed by atoms with E-state index in [2.05, 4.69) is 44.7 Å². The number of likely N-dealkylation sites (tertiary alicyclic amines) is 2. The predicted molar refractivity (Wildman–Crippen MR) is 108 cm³/mol. The minimum atomic E-state index is 0.241. The molecule has 1 atom stereocenters. The van der Waals surface area contributed by atoms with Gasteiger partial charge in [-0.1, -0.05) is 6.92 Å². The lowest BCUT2D eigenvalue weighted by molar-refractivity contribution is -0.121. The monoisotopic (exact) mass is 375 g/mol. The van der Waals surface area contributed by atoms with Crippen molar-refractivity contribution in [2.24, 2.45) is 5.92 Å². The fourth-order valence-corrected chi connectivity index (χ4v) is 4.61. The molecule has 2 fully saturated rings. The van der Waals surface area contributed by atoms with Crippen LogP contribution in [0.2, 0.25) is 0 Å². The summed E-state index contributed by atoms with van der Waals surface area (Å²) in [5, 5.41) is 3.18. The van der Waals surface area contributed by atoms with Crippen molar-refractivity contribution in [1.29, 1.82) is 0 Å². The zero-order chi connectivity index (χ0) is 19.1. The molecule has 1 N–H and O–H groups in total. The lowest BCUT2D eigenvalue weighted by Gasteiger charge is -2.31. The Balaban J connectivity index is 1.30. The summed E-state index contributed by atoms with van der Waals surface area (Å²) in [7, 11) is 0. The molecule has 6 heteroatoms. The number of hydrogen-bond acceptors (Lipinski definition) is 4. The third-order valence-corrected chi connectivity index (χ3v) is 6.43. The first-order valence-electron chi connectivity index (χ1n) is 10.9. The Morgan fingerprint density at radius 3 is 2.74 bits per heavy atom. The standard InChI is InChI=1S/C21H37N5O/c1-3-25-12-5-6-19(25)16-23-21(27)8-7-18-9-13-24(14-10-18)17-20-22-11-15-26(20)4-2/h11,15,18-19H,3-10,12-14,16-17H2,1-2H3,(H,23,27). The van der Waals surface area contributed by atoms with Crippen LogP contribution in [-0.2, 0) is 17.9 Å². The van der Waals surface area contributed by atoms with Gasteiger partial charge in [0.15, 0.2) is 0 Å². The van der Waals surface area contributed by atoms with Gasteiger partial charge in [-0.25, -0.2) is 4.98 Å². The summed E-state index contributed by atoms with van der Waals surface area (Å²) in [4.78, 5) is 21.7. The molecule has 6 nitrogen and oxygen atoms in total. The van der Waals surface area contributed by atoms with E-state index in [9.17, 15) is 4.79 Å². The van der Waals surface area contributed by atoms with Gasteiger partial charge in [-0.2, -0.15) is 0 Å². The molecule has 3 rings (SSSR count). The molecule has 0 saturated carbocycles. The maximum Gasteiger partial charge on any atom is 0.220 e. The van der Waals surface area contributed by atoms with Gasteiger partial charge in [0.25, 0.3) is 0 Å². The summed E-state index contributed by atoms with van der Waals surface area (Å²) < 4.78 is 2.22. The van der Waals surface area contributed by atoms with Gasteiger partial charge in [-0.15, -0.1) is 0 Å². The second-order valence-corrected chi connectivity index (χ2v) is 8.12. The van der Waals surface area contributed by atoms with Crippen molar-refractivity contribution in [2.75, 3.05) is 32.7 Å². The molecule has 1 aromatic rings. The quantitative estimate of drug-likeness (QED) is 0.720. The minimum absolute atomic E-state index is 0.241. The minimum Gasteiger partial charge on any atom is -0.355 e. The van der Waals surface area contributed by atoms with Gasteiger partial charge < -0.3 is 9.88 Å². The number of likely N-dealkylation sites (N-methyl/N-ethyl adjacent to an activating group) is 1. The summed E-state index contributed by atoms with van der Waals surface area (Å²) in [6.07, 6.45) is 10.6. The normalized spacial score (nSPS) is 22.4. The summed E-state index contributed by atoms with van der Waals surface area (Å²) in [5.41, 5.74) is 0. The van der Waals surface area contributed by atoms with Crippen LogP contribution in [0.15, 0.2) is 12.4 Å². The Hall–Kier alpha value is -1.40. The van der Waals surface area contributed by atoms with Crippen molar-refractivity contribution in [1.82, 2.24) is 24.7 Å². The molecule has 3 heterocycles. The van der Waals surface area contributed by atoms with E-state index in [1.165, 1.54) is 38.1 Å². The van der Waals surface area contributed by atoms with E-state index in [1.807, 2.05) is 6.20 Å². The molecule has 1 amide bonds. The van der Waals surface area contributed by atoms with E-state index in [0.29, 0.717) is 18.4 Å². The Kier molecular flexibility index (Phi) is 7.70. The summed E-state index contributed by atoms with van der Waals surface area (Å²) in [6.45, 7) is 11.7. The van der Waals surface area contributed by atoms with Crippen molar-refractivity contribution in [3.8, 4) is 0 Å². The van der Waals surface area contributed by atoms with Crippen LogP contribution in [0.1, 0.15) is 58.2 Å². The van der Waals surface area contributed by atoms with E-state index >= 15 is 0 Å². The molecule has 2 aliphatic rings. The van der Waals surface area contributed by atoms with Crippen LogP contribution < -0.4 is 5.32 Å². The Morgan fingerprint density at radius 2 is 2.00 bits per heavy atom. The van der Waals surface area contributed by atoms with Crippen molar-refractivity contribution in [3.05, 3.63) is 18.2 Å². The smallest absolute Gasteiger partial charge is 0.220 e. The number of rotatable bonds is 9. The van der Waals surface area contributed by atoms with Gasteiger partial charge in [0, 0.05) is 37.9 Å². The first kappa shape index (κ1) is 20.3. The van der Waals surface area contributed by atoms with Crippen LogP contribution >= 0.6 is 0 Å². The summed E-state index contributed by atoms with van der Waals surface area (Å²) >= 11 is 0. The molecular weight excluding hydrogens is 338 g/mol. The highest BCUT2D eigenvalue weighted by molar-refractivity contribution is 5.75. The van der Waals surface area contributed by atoms with Gasteiger partial charge in [0.05, 0.1) is 6.54 Å². The molecule has 0 aliphatic carbocycles. The second kappa shape index (κ2) is 10.2. The number of aromatic nitrogens is 2. The number of aryl methyl sites for hydroxylation is 1. The molecule has 1 unspecified atom stereocenters. The van der Waals surface area contributed by atoms with Gasteiger partial charge in [0.1, 0.15) is 5.82 Å². The van der Waals surface area contributed by atoms with Crippen LogP contribution in [0, 0.1) is 5.92 Å². The number of nitrogens with zero attached hydrogens (tertiary/aromatic N) is 4. The highest BCUT2D eigenvalue weighted by atomic mass is 16.1. The van der Waals surface area contributed by atoms with Gasteiger partial charge in [-0.3, -0.25) is 14.6 Å². The van der Waals surface area contributed by atoms with Gasteiger partial charge in [0.2, 0.25) is 5.91 Å². The van der Waals surface area contributed by atoms with Crippen LogP contribution in [0.3, 0.4) is 0 Å². The van der Waals surface area contributed by atoms with E-state index < -0.39 is 0 Å². The molecule has 27 heavy (non-hydrogen) atoms. The number of piperidine rings is 1. The maximum atomic E-state index is 12.2. The maximum absolute atomic E-state index is 12.2. The Morgan fingerprint density at radius 1 is 1.19 bits per heavy atom. The summed E-state index contributed by atoms with van der Waals surface area (Å²) in [6, 6.07) is 0.554. The average Bonchev–Trinajstić information content (AvgIpc) is 3.34. The van der Waals surface area contributed by atoms with E-state index in [1.54, 1.807) is 0 Å². The lowest BCUT2D eigenvalue weighted by Crippen LogP contribution is -2.40. The lowest BCUT2D eigenvalue weighted by atomic mass is 9.92. The number of hydrogen-bond donors (Lipinski definition) is 1. The molecule has 0 radical (unpaired) electrons. The van der Waals surface area contributed by atoms with E-state index in [4.69, 9.17) is 0 Å². The van der Waals surface area contributed by atoms with Crippen LogP contribution in [0.4, 0.5) is 0 Å². The molecule has 1 aromatic heterocycles. The second-order valence-electron chi connectivity index (χ2n) is 8.12. The molecule has 2 saturated heterocycles. The molecule has 0 aromatic carbocycles. The zero-order valence-electron chi connectivity index (χ0n) is 17.2. The number of carbonyl (C=O) groups excluding carboxylic acids is 1. The third kappa shape index (κ3) is 5.79. The average molecular weight is 376 g/mol. The highest BCUT2D eigenvalue weighted by Gasteiger charge is 2.24. The summed E-state index contributed by atoms with van der Waals surface area (Å²) in [5.74, 6) is 2.10. The van der Waals surface area contributed by atoms with Crippen molar-refractivity contribution >= 4 is 5.91 Å². The number of nitrogens with one attached hydrogen (secondary N) is 1. The first-order valence-corrected chi connectivity index (χ1v) is 10.9. The fraction of sp³-hybridized carbons (Fsp3) is 0.810. The number of imidazole rings is 1.